The van der Waals surface area contributed by atoms with E-state index in [1.54, 1.807) is 26.2 Å². The van der Waals surface area contributed by atoms with Crippen molar-refractivity contribution in [1.29, 1.82) is 0 Å². The van der Waals surface area contributed by atoms with Crippen molar-refractivity contribution in [2.75, 3.05) is 13.7 Å². The minimum absolute atomic E-state index is 0.209. The molecule has 21 heavy (non-hydrogen) atoms. The molecule has 6 heteroatoms. The lowest BCUT2D eigenvalue weighted by Crippen LogP contribution is -2.44. The van der Waals surface area contributed by atoms with Gasteiger partial charge in [-0.2, -0.15) is 0 Å². The number of hydrogen-bond donors (Lipinski definition) is 2. The lowest BCUT2D eigenvalue weighted by atomic mass is 10.2. The van der Waals surface area contributed by atoms with E-state index in [1.165, 1.54) is 6.08 Å². The number of likely N-dealkylation sites (N-methyl/N-ethyl adjacent to an activating group) is 1. The zero-order chi connectivity index (χ0) is 15.8. The van der Waals surface area contributed by atoms with E-state index >= 15 is 0 Å². The summed E-state index contributed by atoms with van der Waals surface area (Å²) in [6, 6.07) is 4.92. The average molecular weight is 355 g/mol. The zero-order valence-corrected chi connectivity index (χ0v) is 13.9. The molecular formula is C15H19BrN2O3. The summed E-state index contributed by atoms with van der Waals surface area (Å²) in [5.74, 6) is 0.120. The second kappa shape index (κ2) is 8.46. The quantitative estimate of drug-likeness (QED) is 0.768. The highest BCUT2D eigenvalue weighted by Crippen LogP contribution is 2.23. The Morgan fingerprint density at radius 3 is 2.76 bits per heavy atom. The summed E-state index contributed by atoms with van der Waals surface area (Å²) >= 11 is 3.37. The fourth-order valence-corrected chi connectivity index (χ4v) is 2.03. The van der Waals surface area contributed by atoms with Gasteiger partial charge in [0.2, 0.25) is 11.8 Å². The van der Waals surface area contributed by atoms with Gasteiger partial charge in [0.15, 0.2) is 0 Å². The molecule has 2 N–H and O–H groups in total. The normalized spacial score (nSPS) is 12.0. The first-order valence-electron chi connectivity index (χ1n) is 6.57. The van der Waals surface area contributed by atoms with Crippen LogP contribution < -0.4 is 15.4 Å². The number of carbonyl (C=O) groups is 2. The molecule has 0 radical (unpaired) electrons. The summed E-state index contributed by atoms with van der Waals surface area (Å²) < 4.78 is 6.10. The number of ether oxygens (including phenoxy) is 1. The highest BCUT2D eigenvalue weighted by Gasteiger charge is 2.12. The lowest BCUT2D eigenvalue weighted by Gasteiger charge is -2.11. The molecule has 1 atom stereocenters. The van der Waals surface area contributed by atoms with E-state index in [-0.39, 0.29) is 11.8 Å². The summed E-state index contributed by atoms with van der Waals surface area (Å²) in [5.41, 5.74) is 0.771. The number of carbonyl (C=O) groups excluding carboxylic acids is 2. The molecule has 0 aromatic heterocycles. The highest BCUT2D eigenvalue weighted by atomic mass is 79.9. The van der Waals surface area contributed by atoms with E-state index in [0.717, 1.165) is 10.0 Å². The van der Waals surface area contributed by atoms with E-state index in [1.807, 2.05) is 19.1 Å². The van der Waals surface area contributed by atoms with Crippen LogP contribution in [-0.4, -0.2) is 31.5 Å². The molecule has 0 fully saturated rings. The van der Waals surface area contributed by atoms with Crippen molar-refractivity contribution in [3.05, 3.63) is 34.3 Å². The summed E-state index contributed by atoms with van der Waals surface area (Å²) in [6.45, 7) is 3.99. The van der Waals surface area contributed by atoms with Gasteiger partial charge >= 0.3 is 0 Å². The molecule has 0 aliphatic carbocycles. The molecule has 0 bridgehead atoms. The number of benzene rings is 1. The van der Waals surface area contributed by atoms with Crippen LogP contribution in [0.5, 0.6) is 5.75 Å². The maximum absolute atomic E-state index is 11.8. The number of rotatable bonds is 6. The summed E-state index contributed by atoms with van der Waals surface area (Å²) in [4.78, 5) is 23.3. The molecule has 0 heterocycles. The second-order valence-corrected chi connectivity index (χ2v) is 5.26. The van der Waals surface area contributed by atoms with Gasteiger partial charge in [0.05, 0.1) is 7.11 Å². The third-order valence-corrected chi connectivity index (χ3v) is 3.20. The topological polar surface area (TPSA) is 67.4 Å². The molecule has 5 nitrogen and oxygen atoms in total. The third kappa shape index (κ3) is 5.59. The van der Waals surface area contributed by atoms with Crippen molar-refractivity contribution >= 4 is 33.8 Å². The average Bonchev–Trinajstić information content (AvgIpc) is 2.45. The van der Waals surface area contributed by atoms with Crippen LogP contribution in [0.3, 0.4) is 0 Å². The Morgan fingerprint density at radius 2 is 2.14 bits per heavy atom. The smallest absolute Gasteiger partial charge is 0.244 e. The second-order valence-electron chi connectivity index (χ2n) is 4.34. The van der Waals surface area contributed by atoms with Gasteiger partial charge in [-0.25, -0.2) is 0 Å². The minimum Gasteiger partial charge on any atom is -0.496 e. The van der Waals surface area contributed by atoms with E-state index in [2.05, 4.69) is 26.6 Å². The first-order chi connectivity index (χ1) is 9.97. The van der Waals surface area contributed by atoms with Crippen LogP contribution in [-0.2, 0) is 9.59 Å². The Morgan fingerprint density at radius 1 is 1.43 bits per heavy atom. The van der Waals surface area contributed by atoms with Crippen molar-refractivity contribution < 1.29 is 14.3 Å². The predicted molar refractivity (Wildman–Crippen MR) is 86.0 cm³/mol. The number of nitrogens with one attached hydrogen (secondary N) is 2. The molecule has 1 rings (SSSR count). The molecule has 0 spiro atoms. The Balaban J connectivity index is 2.70. The monoisotopic (exact) mass is 354 g/mol. The zero-order valence-electron chi connectivity index (χ0n) is 12.3. The Bertz CT molecular complexity index is 544. The van der Waals surface area contributed by atoms with Crippen molar-refractivity contribution in [2.24, 2.45) is 0 Å². The largest absolute Gasteiger partial charge is 0.496 e. The molecular weight excluding hydrogens is 336 g/mol. The van der Waals surface area contributed by atoms with Crippen LogP contribution >= 0.6 is 15.9 Å². The third-order valence-electron chi connectivity index (χ3n) is 2.71. The van der Waals surface area contributed by atoms with Crippen molar-refractivity contribution in [2.45, 2.75) is 19.9 Å². The Kier molecular flexibility index (Phi) is 6.94. The van der Waals surface area contributed by atoms with Crippen LogP contribution in [0.1, 0.15) is 19.4 Å². The standard InChI is InChI=1S/C15H19BrN2O3/c1-4-17-15(20)10(2)18-14(19)8-5-11-9-12(16)6-7-13(11)21-3/h5-10H,4H2,1-3H3,(H,17,20)(H,18,19)/b8-5+/t10-/m0/s1. The van der Waals surface area contributed by atoms with E-state index < -0.39 is 6.04 Å². The molecule has 114 valence electrons. The molecule has 0 saturated carbocycles. The molecule has 1 aromatic rings. The minimum atomic E-state index is -0.577. The van der Waals surface area contributed by atoms with E-state index in [4.69, 9.17) is 4.74 Å². The summed E-state index contributed by atoms with van der Waals surface area (Å²) in [5, 5.41) is 5.24. The van der Waals surface area contributed by atoms with Gasteiger partial charge in [0.25, 0.3) is 0 Å². The van der Waals surface area contributed by atoms with Gasteiger partial charge in [0, 0.05) is 22.7 Å². The van der Waals surface area contributed by atoms with Crippen molar-refractivity contribution in [1.82, 2.24) is 10.6 Å². The first-order valence-corrected chi connectivity index (χ1v) is 7.37. The predicted octanol–water partition coefficient (Wildman–Crippen LogP) is 2.11. The number of methoxy groups -OCH3 is 1. The van der Waals surface area contributed by atoms with Crippen LogP contribution in [0, 0.1) is 0 Å². The highest BCUT2D eigenvalue weighted by molar-refractivity contribution is 9.10. The van der Waals surface area contributed by atoms with Crippen LogP contribution in [0.4, 0.5) is 0 Å². The fourth-order valence-electron chi connectivity index (χ4n) is 1.66. The molecule has 0 aliphatic rings. The van der Waals surface area contributed by atoms with E-state index in [9.17, 15) is 9.59 Å². The van der Waals surface area contributed by atoms with Crippen molar-refractivity contribution in [3.63, 3.8) is 0 Å². The van der Waals surface area contributed by atoms with Gasteiger partial charge < -0.3 is 15.4 Å². The molecule has 0 unspecified atom stereocenters. The van der Waals surface area contributed by atoms with Gasteiger partial charge in [-0.15, -0.1) is 0 Å². The van der Waals surface area contributed by atoms with Gasteiger partial charge in [0.1, 0.15) is 11.8 Å². The van der Waals surface area contributed by atoms with Gasteiger partial charge in [-0.3, -0.25) is 9.59 Å². The first kappa shape index (κ1) is 17.2. The number of hydrogen-bond acceptors (Lipinski definition) is 3. The van der Waals surface area contributed by atoms with Crippen LogP contribution in [0.15, 0.2) is 28.7 Å². The number of halogens is 1. The Hall–Kier alpha value is -1.82. The Labute approximate surface area is 132 Å². The van der Waals surface area contributed by atoms with E-state index in [0.29, 0.717) is 12.3 Å². The maximum atomic E-state index is 11.8. The number of amides is 2. The van der Waals surface area contributed by atoms with Gasteiger partial charge in [-0.05, 0) is 38.1 Å². The maximum Gasteiger partial charge on any atom is 0.244 e. The molecule has 2 amide bonds. The molecule has 0 saturated heterocycles. The van der Waals surface area contributed by atoms with Gasteiger partial charge in [-0.1, -0.05) is 15.9 Å². The van der Waals surface area contributed by atoms with Crippen molar-refractivity contribution in [3.8, 4) is 5.75 Å². The summed E-state index contributed by atoms with van der Waals surface area (Å²) in [6.07, 6.45) is 3.02. The molecule has 1 aromatic carbocycles. The fraction of sp³-hybridized carbons (Fsp3) is 0.333. The molecule has 0 aliphatic heterocycles. The SMILES string of the molecule is CCNC(=O)[C@H](C)NC(=O)/C=C/c1cc(Br)ccc1OC. The van der Waals surface area contributed by atoms with Crippen LogP contribution in [0.2, 0.25) is 0 Å². The van der Waals surface area contributed by atoms with Crippen LogP contribution in [0.25, 0.3) is 6.08 Å². The summed E-state index contributed by atoms with van der Waals surface area (Å²) in [7, 11) is 1.57. The lowest BCUT2D eigenvalue weighted by molar-refractivity contribution is -0.126.